The van der Waals surface area contributed by atoms with Crippen LogP contribution in [0.25, 0.3) is 0 Å². The standard InChI is InChI=1S/C15H17NO4S/c17-8-2-1-4-12-5-3-6-13(10-12)15(18)16-14-7-9-21(19,20)11-14/h3,5-6,10,14,17H,2,7-9,11H2,(H,16,18). The predicted octanol–water partition coefficient (Wildman–Crippen LogP) is 0.337. The van der Waals surface area contributed by atoms with E-state index in [1.54, 1.807) is 24.3 Å². The van der Waals surface area contributed by atoms with Crippen LogP contribution in [0.1, 0.15) is 28.8 Å². The third-order valence-electron chi connectivity index (χ3n) is 3.16. The molecule has 1 aliphatic rings. The molecule has 0 saturated carbocycles. The molecule has 1 aromatic rings. The van der Waals surface area contributed by atoms with Crippen LogP contribution in [-0.4, -0.2) is 43.6 Å². The number of sulfone groups is 1. The molecule has 1 amide bonds. The lowest BCUT2D eigenvalue weighted by Crippen LogP contribution is -2.35. The number of nitrogens with one attached hydrogen (secondary N) is 1. The van der Waals surface area contributed by atoms with E-state index in [0.717, 1.165) is 0 Å². The van der Waals surface area contributed by atoms with Crippen LogP contribution in [-0.2, 0) is 9.84 Å². The number of amides is 1. The average molecular weight is 307 g/mol. The van der Waals surface area contributed by atoms with Crippen molar-refractivity contribution < 1.29 is 18.3 Å². The van der Waals surface area contributed by atoms with Gasteiger partial charge in [0.25, 0.3) is 5.91 Å². The van der Waals surface area contributed by atoms with E-state index in [1.165, 1.54) is 0 Å². The molecule has 1 fully saturated rings. The van der Waals surface area contributed by atoms with Crippen LogP contribution in [0, 0.1) is 11.8 Å². The summed E-state index contributed by atoms with van der Waals surface area (Å²) in [5, 5.41) is 11.4. The van der Waals surface area contributed by atoms with Gasteiger partial charge in [-0.1, -0.05) is 17.9 Å². The lowest BCUT2D eigenvalue weighted by molar-refractivity contribution is 0.0941. The summed E-state index contributed by atoms with van der Waals surface area (Å²) >= 11 is 0. The van der Waals surface area contributed by atoms with E-state index in [9.17, 15) is 13.2 Å². The van der Waals surface area contributed by atoms with Gasteiger partial charge in [0.2, 0.25) is 0 Å². The third-order valence-corrected chi connectivity index (χ3v) is 4.93. The van der Waals surface area contributed by atoms with Crippen LogP contribution in [0.3, 0.4) is 0 Å². The molecule has 1 heterocycles. The fraction of sp³-hybridized carbons (Fsp3) is 0.400. The minimum absolute atomic E-state index is 0.00330. The molecule has 1 saturated heterocycles. The fourth-order valence-corrected chi connectivity index (χ4v) is 3.81. The molecule has 5 nitrogen and oxygen atoms in total. The summed E-state index contributed by atoms with van der Waals surface area (Å²) in [6, 6.07) is 6.51. The molecule has 0 radical (unpaired) electrons. The Hall–Kier alpha value is -1.84. The highest BCUT2D eigenvalue weighted by molar-refractivity contribution is 7.91. The number of hydrogen-bond acceptors (Lipinski definition) is 4. The van der Waals surface area contributed by atoms with Gasteiger partial charge in [0.1, 0.15) is 0 Å². The van der Waals surface area contributed by atoms with Crippen molar-refractivity contribution in [3.05, 3.63) is 35.4 Å². The van der Waals surface area contributed by atoms with E-state index in [2.05, 4.69) is 17.2 Å². The Morgan fingerprint density at radius 2 is 2.24 bits per heavy atom. The molecule has 0 aliphatic carbocycles. The molecular weight excluding hydrogens is 290 g/mol. The number of aliphatic hydroxyl groups is 1. The van der Waals surface area contributed by atoms with Crippen molar-refractivity contribution in [2.24, 2.45) is 0 Å². The highest BCUT2D eigenvalue weighted by Crippen LogP contribution is 2.12. The van der Waals surface area contributed by atoms with E-state index in [1.807, 2.05) is 0 Å². The van der Waals surface area contributed by atoms with E-state index >= 15 is 0 Å². The summed E-state index contributed by atoms with van der Waals surface area (Å²) in [5.74, 6) is 5.50. The van der Waals surface area contributed by atoms with Crippen molar-refractivity contribution in [2.45, 2.75) is 18.9 Å². The zero-order valence-corrected chi connectivity index (χ0v) is 12.3. The van der Waals surface area contributed by atoms with Gasteiger partial charge >= 0.3 is 0 Å². The third kappa shape index (κ3) is 4.59. The molecule has 112 valence electrons. The highest BCUT2D eigenvalue weighted by Gasteiger charge is 2.29. The second-order valence-electron chi connectivity index (χ2n) is 4.93. The summed E-state index contributed by atoms with van der Waals surface area (Å²) in [7, 11) is -3.01. The molecule has 0 bridgehead atoms. The Kier molecular flexibility index (Phi) is 4.99. The molecule has 6 heteroatoms. The zero-order valence-electron chi connectivity index (χ0n) is 11.5. The van der Waals surface area contributed by atoms with Gasteiger partial charge in [0.15, 0.2) is 9.84 Å². The molecule has 0 aromatic heterocycles. The second kappa shape index (κ2) is 6.74. The Labute approximate surface area is 124 Å². The van der Waals surface area contributed by atoms with Crippen LogP contribution in [0.15, 0.2) is 24.3 Å². The lowest BCUT2D eigenvalue weighted by Gasteiger charge is -2.10. The number of benzene rings is 1. The predicted molar refractivity (Wildman–Crippen MR) is 79.5 cm³/mol. The van der Waals surface area contributed by atoms with Crippen LogP contribution in [0.5, 0.6) is 0 Å². The minimum Gasteiger partial charge on any atom is -0.395 e. The zero-order chi connectivity index (χ0) is 15.3. The first-order valence-corrected chi connectivity index (χ1v) is 8.53. The topological polar surface area (TPSA) is 83.5 Å². The van der Waals surface area contributed by atoms with E-state index in [-0.39, 0.29) is 30.1 Å². The molecule has 1 atom stereocenters. The maximum atomic E-state index is 12.1. The summed E-state index contributed by atoms with van der Waals surface area (Å²) in [6.45, 7) is 0.00330. The fourth-order valence-electron chi connectivity index (χ4n) is 2.14. The molecule has 1 aliphatic heterocycles. The quantitative estimate of drug-likeness (QED) is 0.789. The van der Waals surface area contributed by atoms with Crippen LogP contribution >= 0.6 is 0 Å². The molecule has 21 heavy (non-hydrogen) atoms. The van der Waals surface area contributed by atoms with Gasteiger partial charge in [-0.25, -0.2) is 8.42 Å². The Morgan fingerprint density at radius 3 is 2.90 bits per heavy atom. The van der Waals surface area contributed by atoms with Crippen molar-refractivity contribution in [2.75, 3.05) is 18.1 Å². The van der Waals surface area contributed by atoms with Crippen molar-refractivity contribution in [1.82, 2.24) is 5.32 Å². The van der Waals surface area contributed by atoms with Gasteiger partial charge in [-0.3, -0.25) is 4.79 Å². The first-order valence-electron chi connectivity index (χ1n) is 6.71. The molecular formula is C15H17NO4S. The van der Waals surface area contributed by atoms with Crippen LogP contribution in [0.4, 0.5) is 0 Å². The van der Waals surface area contributed by atoms with Gasteiger partial charge in [-0.2, -0.15) is 0 Å². The summed E-state index contributed by atoms with van der Waals surface area (Å²) < 4.78 is 22.7. The summed E-state index contributed by atoms with van der Waals surface area (Å²) in [4.78, 5) is 12.1. The van der Waals surface area contributed by atoms with Gasteiger partial charge in [-0.05, 0) is 24.6 Å². The molecule has 1 unspecified atom stereocenters. The van der Waals surface area contributed by atoms with Crippen molar-refractivity contribution in [1.29, 1.82) is 0 Å². The van der Waals surface area contributed by atoms with Crippen molar-refractivity contribution in [3.63, 3.8) is 0 Å². The normalized spacial score (nSPS) is 19.6. The Morgan fingerprint density at radius 1 is 1.43 bits per heavy atom. The van der Waals surface area contributed by atoms with Gasteiger partial charge < -0.3 is 10.4 Å². The van der Waals surface area contributed by atoms with Gasteiger partial charge in [-0.15, -0.1) is 0 Å². The SMILES string of the molecule is O=C(NC1CCS(=O)(=O)C1)c1cccc(C#CCCO)c1. The molecule has 2 rings (SSSR count). The van der Waals surface area contributed by atoms with Crippen LogP contribution in [0.2, 0.25) is 0 Å². The van der Waals surface area contributed by atoms with E-state index in [0.29, 0.717) is 24.0 Å². The molecule has 1 aromatic carbocycles. The van der Waals surface area contributed by atoms with E-state index < -0.39 is 9.84 Å². The Balaban J connectivity index is 2.03. The second-order valence-corrected chi connectivity index (χ2v) is 7.16. The minimum atomic E-state index is -3.01. The van der Waals surface area contributed by atoms with Gasteiger partial charge in [0, 0.05) is 23.6 Å². The average Bonchev–Trinajstić information content (AvgIpc) is 2.78. The maximum Gasteiger partial charge on any atom is 0.251 e. The largest absolute Gasteiger partial charge is 0.395 e. The summed E-state index contributed by atoms with van der Waals surface area (Å²) in [5.41, 5.74) is 1.14. The first kappa shape index (κ1) is 15.5. The highest BCUT2D eigenvalue weighted by atomic mass is 32.2. The molecule has 0 spiro atoms. The van der Waals surface area contributed by atoms with Crippen LogP contribution < -0.4 is 5.32 Å². The monoisotopic (exact) mass is 307 g/mol. The smallest absolute Gasteiger partial charge is 0.251 e. The van der Waals surface area contributed by atoms with Crippen molar-refractivity contribution in [3.8, 4) is 11.8 Å². The number of aliphatic hydroxyl groups excluding tert-OH is 1. The van der Waals surface area contributed by atoms with Crippen molar-refractivity contribution >= 4 is 15.7 Å². The Bertz CT molecular complexity index is 685. The van der Waals surface area contributed by atoms with E-state index in [4.69, 9.17) is 5.11 Å². The maximum absolute atomic E-state index is 12.1. The summed E-state index contributed by atoms with van der Waals surface area (Å²) in [6.07, 6.45) is 0.848. The number of carbonyl (C=O) groups excluding carboxylic acids is 1. The lowest BCUT2D eigenvalue weighted by atomic mass is 10.1. The number of hydrogen-bond donors (Lipinski definition) is 2. The number of rotatable bonds is 3. The first-order chi connectivity index (χ1) is 10.00. The number of carbonyl (C=O) groups is 1. The molecule has 2 N–H and O–H groups in total. The van der Waals surface area contributed by atoms with Gasteiger partial charge in [0.05, 0.1) is 18.1 Å².